The lowest BCUT2D eigenvalue weighted by molar-refractivity contribution is -0.121. The van der Waals surface area contributed by atoms with Gasteiger partial charge < -0.3 is 16.2 Å². The van der Waals surface area contributed by atoms with Crippen LogP contribution >= 0.6 is 0 Å². The van der Waals surface area contributed by atoms with Gasteiger partial charge in [-0.3, -0.25) is 9.78 Å². The standard InChI is InChI=1S/C12H17N3O3/c1-8(13)2-3-11(16)15-7-10-6-9(12(17)18)4-5-14-10/h4-6,8H,2-3,7,13H2,1H3,(H,15,16)(H,17,18). The monoisotopic (exact) mass is 251 g/mol. The van der Waals surface area contributed by atoms with Crippen molar-refractivity contribution in [3.63, 3.8) is 0 Å². The zero-order chi connectivity index (χ0) is 13.5. The molecule has 0 aliphatic carbocycles. The normalized spacial score (nSPS) is 11.9. The summed E-state index contributed by atoms with van der Waals surface area (Å²) in [4.78, 5) is 26.2. The number of hydrogen-bond acceptors (Lipinski definition) is 4. The third-order valence-electron chi connectivity index (χ3n) is 2.36. The largest absolute Gasteiger partial charge is 0.478 e. The highest BCUT2D eigenvalue weighted by molar-refractivity contribution is 5.87. The van der Waals surface area contributed by atoms with E-state index in [0.29, 0.717) is 18.5 Å². The fraction of sp³-hybridized carbons (Fsp3) is 0.417. The minimum absolute atomic E-state index is 0.00999. The zero-order valence-corrected chi connectivity index (χ0v) is 10.2. The first-order valence-corrected chi connectivity index (χ1v) is 5.69. The summed E-state index contributed by atoms with van der Waals surface area (Å²) in [6, 6.07) is 2.84. The molecule has 1 unspecified atom stereocenters. The van der Waals surface area contributed by atoms with Gasteiger partial charge in [0.1, 0.15) is 0 Å². The molecule has 1 rings (SSSR count). The van der Waals surface area contributed by atoms with E-state index in [1.807, 2.05) is 6.92 Å². The molecule has 0 aliphatic heterocycles. The Labute approximate surface area is 105 Å². The molecular formula is C12H17N3O3. The molecule has 1 aromatic rings. The molecule has 1 amide bonds. The van der Waals surface area contributed by atoms with Gasteiger partial charge in [0.2, 0.25) is 5.91 Å². The molecule has 0 aliphatic rings. The third kappa shape index (κ3) is 4.92. The minimum atomic E-state index is -1.01. The minimum Gasteiger partial charge on any atom is -0.478 e. The molecule has 98 valence electrons. The number of aromatic nitrogens is 1. The van der Waals surface area contributed by atoms with E-state index in [1.165, 1.54) is 18.3 Å². The number of aromatic carboxylic acids is 1. The topological polar surface area (TPSA) is 105 Å². The summed E-state index contributed by atoms with van der Waals surface area (Å²) in [5.74, 6) is -1.13. The van der Waals surface area contributed by atoms with E-state index in [-0.39, 0.29) is 24.1 Å². The van der Waals surface area contributed by atoms with Crippen molar-refractivity contribution in [2.24, 2.45) is 5.73 Å². The molecule has 0 saturated carbocycles. The van der Waals surface area contributed by atoms with Crippen LogP contribution in [0.4, 0.5) is 0 Å². The summed E-state index contributed by atoms with van der Waals surface area (Å²) in [6.07, 6.45) is 2.39. The van der Waals surface area contributed by atoms with Crippen LogP contribution in [0.25, 0.3) is 0 Å². The van der Waals surface area contributed by atoms with E-state index in [4.69, 9.17) is 10.8 Å². The third-order valence-corrected chi connectivity index (χ3v) is 2.36. The van der Waals surface area contributed by atoms with Gasteiger partial charge in [-0.1, -0.05) is 0 Å². The Morgan fingerprint density at radius 2 is 2.28 bits per heavy atom. The van der Waals surface area contributed by atoms with E-state index in [1.54, 1.807) is 0 Å². The smallest absolute Gasteiger partial charge is 0.335 e. The number of carbonyl (C=O) groups is 2. The number of pyridine rings is 1. The predicted octanol–water partition coefficient (Wildman–Crippen LogP) is 0.523. The maximum absolute atomic E-state index is 11.4. The molecule has 0 saturated heterocycles. The Balaban J connectivity index is 2.46. The Morgan fingerprint density at radius 3 is 2.89 bits per heavy atom. The lowest BCUT2D eigenvalue weighted by atomic mass is 10.2. The molecular weight excluding hydrogens is 234 g/mol. The van der Waals surface area contributed by atoms with E-state index in [9.17, 15) is 9.59 Å². The number of nitrogens with zero attached hydrogens (tertiary/aromatic N) is 1. The number of rotatable bonds is 6. The first kappa shape index (κ1) is 14.1. The molecule has 18 heavy (non-hydrogen) atoms. The van der Waals surface area contributed by atoms with Gasteiger partial charge in [-0.15, -0.1) is 0 Å². The van der Waals surface area contributed by atoms with Crippen molar-refractivity contribution < 1.29 is 14.7 Å². The van der Waals surface area contributed by atoms with Crippen molar-refractivity contribution in [2.75, 3.05) is 0 Å². The van der Waals surface area contributed by atoms with E-state index >= 15 is 0 Å². The Bertz CT molecular complexity index is 432. The van der Waals surface area contributed by atoms with E-state index in [0.717, 1.165) is 0 Å². The second-order valence-electron chi connectivity index (χ2n) is 4.13. The SMILES string of the molecule is CC(N)CCC(=O)NCc1cc(C(=O)O)ccn1. The molecule has 0 radical (unpaired) electrons. The number of nitrogens with two attached hydrogens (primary N) is 1. The van der Waals surface area contributed by atoms with E-state index in [2.05, 4.69) is 10.3 Å². The number of hydrogen-bond donors (Lipinski definition) is 3. The number of nitrogens with one attached hydrogen (secondary N) is 1. The van der Waals surface area contributed by atoms with Crippen molar-refractivity contribution in [1.82, 2.24) is 10.3 Å². The predicted molar refractivity (Wildman–Crippen MR) is 65.9 cm³/mol. The lowest BCUT2D eigenvalue weighted by Gasteiger charge is -2.06. The molecule has 1 heterocycles. The summed E-state index contributed by atoms with van der Waals surface area (Å²) < 4.78 is 0. The molecule has 1 atom stereocenters. The maximum Gasteiger partial charge on any atom is 0.335 e. The number of amides is 1. The number of carboxylic acids is 1. The second kappa shape index (κ2) is 6.70. The zero-order valence-electron chi connectivity index (χ0n) is 10.2. The van der Waals surface area contributed by atoms with Crippen LogP contribution in [-0.4, -0.2) is 28.0 Å². The molecule has 6 nitrogen and oxygen atoms in total. The maximum atomic E-state index is 11.4. The molecule has 1 aromatic heterocycles. The van der Waals surface area contributed by atoms with Crippen LogP contribution in [0.2, 0.25) is 0 Å². The van der Waals surface area contributed by atoms with Gasteiger partial charge in [0.05, 0.1) is 17.8 Å². The first-order valence-electron chi connectivity index (χ1n) is 5.69. The van der Waals surface area contributed by atoms with Crippen LogP contribution in [-0.2, 0) is 11.3 Å². The summed E-state index contributed by atoms with van der Waals surface area (Å²) in [5, 5.41) is 11.5. The van der Waals surface area contributed by atoms with Gasteiger partial charge in [0.25, 0.3) is 0 Å². The number of carboxylic acid groups (broad SMARTS) is 1. The van der Waals surface area contributed by atoms with Crippen molar-refractivity contribution >= 4 is 11.9 Å². The Hall–Kier alpha value is -1.95. The van der Waals surface area contributed by atoms with Gasteiger partial charge in [-0.2, -0.15) is 0 Å². The lowest BCUT2D eigenvalue weighted by Crippen LogP contribution is -2.25. The summed E-state index contributed by atoms with van der Waals surface area (Å²) >= 11 is 0. The average molecular weight is 251 g/mol. The van der Waals surface area contributed by atoms with Gasteiger partial charge in [-0.25, -0.2) is 4.79 Å². The van der Waals surface area contributed by atoms with Crippen LogP contribution in [0, 0.1) is 0 Å². The van der Waals surface area contributed by atoms with Gasteiger partial charge in [-0.05, 0) is 25.5 Å². The summed E-state index contributed by atoms with van der Waals surface area (Å²) in [5.41, 5.74) is 6.22. The van der Waals surface area contributed by atoms with Crippen LogP contribution in [0.15, 0.2) is 18.3 Å². The molecule has 6 heteroatoms. The highest BCUT2D eigenvalue weighted by Gasteiger charge is 2.06. The second-order valence-corrected chi connectivity index (χ2v) is 4.13. The van der Waals surface area contributed by atoms with Crippen LogP contribution < -0.4 is 11.1 Å². The number of carbonyl (C=O) groups excluding carboxylic acids is 1. The fourth-order valence-electron chi connectivity index (χ4n) is 1.34. The molecule has 0 aromatic carbocycles. The van der Waals surface area contributed by atoms with Crippen molar-refractivity contribution in [3.8, 4) is 0 Å². The quantitative estimate of drug-likeness (QED) is 0.683. The Kier molecular flexibility index (Phi) is 5.26. The average Bonchev–Trinajstić information content (AvgIpc) is 2.34. The van der Waals surface area contributed by atoms with Gasteiger partial charge in [0.15, 0.2) is 0 Å². The van der Waals surface area contributed by atoms with Crippen molar-refractivity contribution in [3.05, 3.63) is 29.6 Å². The van der Waals surface area contributed by atoms with Crippen molar-refractivity contribution in [1.29, 1.82) is 0 Å². The Morgan fingerprint density at radius 1 is 1.56 bits per heavy atom. The van der Waals surface area contributed by atoms with Crippen LogP contribution in [0.5, 0.6) is 0 Å². The van der Waals surface area contributed by atoms with Crippen LogP contribution in [0.1, 0.15) is 35.8 Å². The summed E-state index contributed by atoms with van der Waals surface area (Å²) in [7, 11) is 0. The van der Waals surface area contributed by atoms with Gasteiger partial charge >= 0.3 is 5.97 Å². The van der Waals surface area contributed by atoms with Crippen LogP contribution in [0.3, 0.4) is 0 Å². The highest BCUT2D eigenvalue weighted by atomic mass is 16.4. The molecule has 0 fully saturated rings. The first-order chi connectivity index (χ1) is 8.49. The van der Waals surface area contributed by atoms with Crippen molar-refractivity contribution in [2.45, 2.75) is 32.4 Å². The van der Waals surface area contributed by atoms with Gasteiger partial charge in [0, 0.05) is 18.7 Å². The molecule has 4 N–H and O–H groups in total. The fourth-order valence-corrected chi connectivity index (χ4v) is 1.34. The molecule has 0 bridgehead atoms. The van der Waals surface area contributed by atoms with E-state index < -0.39 is 5.97 Å². The molecule has 0 spiro atoms. The summed E-state index contributed by atoms with van der Waals surface area (Å²) in [6.45, 7) is 2.06. The highest BCUT2D eigenvalue weighted by Crippen LogP contribution is 2.02.